The van der Waals surface area contributed by atoms with E-state index in [1.165, 1.54) is 6.07 Å². The summed E-state index contributed by atoms with van der Waals surface area (Å²) in [6, 6.07) is 3.60. The predicted octanol–water partition coefficient (Wildman–Crippen LogP) is 3.73. The summed E-state index contributed by atoms with van der Waals surface area (Å²) in [4.78, 5) is 0. The zero-order valence-electron chi connectivity index (χ0n) is 10.1. The Balaban J connectivity index is 2.69. The molecule has 18 heavy (non-hydrogen) atoms. The van der Waals surface area contributed by atoms with Crippen LogP contribution in [-0.2, 0) is 12.7 Å². The van der Waals surface area contributed by atoms with Crippen LogP contribution in [0.3, 0.4) is 0 Å². The third kappa shape index (κ3) is 2.10. The number of nitrogens with zero attached hydrogens (tertiary/aromatic N) is 1. The summed E-state index contributed by atoms with van der Waals surface area (Å²) in [5.41, 5.74) is 0.490. The van der Waals surface area contributed by atoms with Gasteiger partial charge in [0.25, 0.3) is 0 Å². The summed E-state index contributed by atoms with van der Waals surface area (Å²) in [5, 5.41) is 10.3. The molecular formula is C13H14F3NO. The zero-order valence-corrected chi connectivity index (χ0v) is 10.1. The fourth-order valence-corrected chi connectivity index (χ4v) is 2.09. The molecule has 2 nitrogen and oxygen atoms in total. The second-order valence-electron chi connectivity index (χ2n) is 4.28. The summed E-state index contributed by atoms with van der Waals surface area (Å²) < 4.78 is 39.7. The summed E-state index contributed by atoms with van der Waals surface area (Å²) >= 11 is 0. The van der Waals surface area contributed by atoms with E-state index in [4.69, 9.17) is 0 Å². The molecule has 1 heterocycles. The number of aromatic nitrogens is 1. The van der Waals surface area contributed by atoms with Crippen LogP contribution in [0.5, 0.6) is 0 Å². The fraction of sp³-hybridized carbons (Fsp3) is 0.385. The monoisotopic (exact) mass is 257 g/mol. The van der Waals surface area contributed by atoms with Gasteiger partial charge in [-0.25, -0.2) is 0 Å². The van der Waals surface area contributed by atoms with Gasteiger partial charge in [-0.1, -0.05) is 6.07 Å². The molecule has 2 rings (SSSR count). The van der Waals surface area contributed by atoms with Gasteiger partial charge in [-0.15, -0.1) is 0 Å². The molecule has 5 heteroatoms. The van der Waals surface area contributed by atoms with Crippen LogP contribution in [0, 0.1) is 0 Å². The van der Waals surface area contributed by atoms with Gasteiger partial charge < -0.3 is 9.67 Å². The average molecular weight is 257 g/mol. The van der Waals surface area contributed by atoms with Crippen LogP contribution in [0.25, 0.3) is 10.9 Å². The maximum absolute atomic E-state index is 12.7. The van der Waals surface area contributed by atoms with Gasteiger partial charge in [-0.3, -0.25) is 0 Å². The molecule has 1 unspecified atom stereocenters. The zero-order chi connectivity index (χ0) is 13.5. The molecule has 1 aromatic heterocycles. The van der Waals surface area contributed by atoms with Gasteiger partial charge in [0, 0.05) is 29.2 Å². The second-order valence-corrected chi connectivity index (χ2v) is 4.28. The van der Waals surface area contributed by atoms with E-state index >= 15 is 0 Å². The maximum Gasteiger partial charge on any atom is 0.416 e. The molecule has 0 spiro atoms. The molecule has 98 valence electrons. The molecule has 0 radical (unpaired) electrons. The summed E-state index contributed by atoms with van der Waals surface area (Å²) in [7, 11) is 0. The molecular weight excluding hydrogens is 243 g/mol. The maximum atomic E-state index is 12.7. The predicted molar refractivity (Wildman–Crippen MR) is 63.2 cm³/mol. The minimum atomic E-state index is -4.35. The average Bonchev–Trinajstić information content (AvgIpc) is 2.65. The van der Waals surface area contributed by atoms with Crippen molar-refractivity contribution in [2.24, 2.45) is 0 Å². The van der Waals surface area contributed by atoms with Crippen molar-refractivity contribution in [2.45, 2.75) is 32.7 Å². The van der Waals surface area contributed by atoms with Crippen LogP contribution in [0.2, 0.25) is 0 Å². The van der Waals surface area contributed by atoms with Crippen molar-refractivity contribution in [3.8, 4) is 0 Å². The number of fused-ring (bicyclic) bond motifs is 1. The van der Waals surface area contributed by atoms with Gasteiger partial charge in [0.15, 0.2) is 0 Å². The van der Waals surface area contributed by atoms with Crippen molar-refractivity contribution >= 4 is 10.9 Å². The van der Waals surface area contributed by atoms with E-state index in [1.54, 1.807) is 17.7 Å². The van der Waals surface area contributed by atoms with Gasteiger partial charge in [0.2, 0.25) is 0 Å². The molecule has 0 fully saturated rings. The Kier molecular flexibility index (Phi) is 3.11. The van der Waals surface area contributed by atoms with Gasteiger partial charge >= 0.3 is 6.18 Å². The first-order valence-corrected chi connectivity index (χ1v) is 5.72. The SMILES string of the molecule is CCn1cc(C(C)O)c2ccc(C(F)(F)F)cc21. The van der Waals surface area contributed by atoms with E-state index in [1.807, 2.05) is 6.92 Å². The topological polar surface area (TPSA) is 25.2 Å². The molecule has 0 saturated carbocycles. The highest BCUT2D eigenvalue weighted by Crippen LogP contribution is 2.34. The fourth-order valence-electron chi connectivity index (χ4n) is 2.09. The van der Waals surface area contributed by atoms with Crippen molar-refractivity contribution < 1.29 is 18.3 Å². The van der Waals surface area contributed by atoms with Crippen LogP contribution < -0.4 is 0 Å². The van der Waals surface area contributed by atoms with E-state index in [9.17, 15) is 18.3 Å². The summed E-state index contributed by atoms with van der Waals surface area (Å²) in [6.45, 7) is 4.02. The van der Waals surface area contributed by atoms with Gasteiger partial charge in [0.05, 0.1) is 11.7 Å². The number of aliphatic hydroxyl groups excluding tert-OH is 1. The number of halogens is 3. The number of aryl methyl sites for hydroxylation is 1. The molecule has 1 N–H and O–H groups in total. The first-order valence-electron chi connectivity index (χ1n) is 5.72. The lowest BCUT2D eigenvalue weighted by Crippen LogP contribution is -2.04. The van der Waals surface area contributed by atoms with E-state index in [0.717, 1.165) is 12.1 Å². The Morgan fingerprint density at radius 1 is 1.33 bits per heavy atom. The van der Waals surface area contributed by atoms with E-state index in [-0.39, 0.29) is 0 Å². The molecule has 0 bridgehead atoms. The largest absolute Gasteiger partial charge is 0.416 e. The third-order valence-corrected chi connectivity index (χ3v) is 3.03. The summed E-state index contributed by atoms with van der Waals surface area (Å²) in [6.07, 6.45) is -3.34. The smallest absolute Gasteiger partial charge is 0.389 e. The highest BCUT2D eigenvalue weighted by atomic mass is 19.4. The number of hydrogen-bond acceptors (Lipinski definition) is 1. The lowest BCUT2D eigenvalue weighted by molar-refractivity contribution is -0.137. The number of aliphatic hydroxyl groups is 1. The van der Waals surface area contributed by atoms with Crippen molar-refractivity contribution in [1.82, 2.24) is 4.57 Å². The Labute approximate surface area is 103 Å². The Morgan fingerprint density at radius 3 is 2.50 bits per heavy atom. The lowest BCUT2D eigenvalue weighted by Gasteiger charge is -2.08. The molecule has 0 aliphatic carbocycles. The van der Waals surface area contributed by atoms with Gasteiger partial charge in [-0.05, 0) is 26.0 Å². The van der Waals surface area contributed by atoms with Crippen molar-refractivity contribution in [2.75, 3.05) is 0 Å². The highest BCUT2D eigenvalue weighted by molar-refractivity contribution is 5.85. The molecule has 0 saturated heterocycles. The Bertz CT molecular complexity index is 569. The summed E-state index contributed by atoms with van der Waals surface area (Å²) in [5.74, 6) is 0. The molecule has 0 aliphatic heterocycles. The Morgan fingerprint density at radius 2 is 2.00 bits per heavy atom. The molecule has 1 aromatic carbocycles. The normalized spacial score (nSPS) is 14.1. The van der Waals surface area contributed by atoms with Crippen LogP contribution in [0.15, 0.2) is 24.4 Å². The van der Waals surface area contributed by atoms with Gasteiger partial charge in [-0.2, -0.15) is 13.2 Å². The van der Waals surface area contributed by atoms with E-state index < -0.39 is 17.8 Å². The standard InChI is InChI=1S/C13H14F3NO/c1-3-17-7-11(8(2)18)10-5-4-9(6-12(10)17)13(14,15)16/h4-8,18H,3H2,1-2H3. The first kappa shape index (κ1) is 13.0. The van der Waals surface area contributed by atoms with E-state index in [0.29, 0.717) is 23.0 Å². The van der Waals surface area contributed by atoms with Crippen molar-refractivity contribution in [1.29, 1.82) is 0 Å². The minimum Gasteiger partial charge on any atom is -0.389 e. The number of hydrogen-bond donors (Lipinski definition) is 1. The van der Waals surface area contributed by atoms with Gasteiger partial charge in [0.1, 0.15) is 0 Å². The number of rotatable bonds is 2. The lowest BCUT2D eigenvalue weighted by atomic mass is 10.1. The van der Waals surface area contributed by atoms with Crippen molar-refractivity contribution in [3.05, 3.63) is 35.5 Å². The first-order chi connectivity index (χ1) is 8.34. The van der Waals surface area contributed by atoms with E-state index in [2.05, 4.69) is 0 Å². The van der Waals surface area contributed by atoms with Crippen LogP contribution in [-0.4, -0.2) is 9.67 Å². The number of benzene rings is 1. The second kappa shape index (κ2) is 4.31. The molecule has 0 amide bonds. The molecule has 1 atom stereocenters. The minimum absolute atomic E-state index is 0.503. The quantitative estimate of drug-likeness (QED) is 0.871. The molecule has 0 aliphatic rings. The van der Waals surface area contributed by atoms with Crippen molar-refractivity contribution in [3.63, 3.8) is 0 Å². The van der Waals surface area contributed by atoms with Crippen LogP contribution >= 0.6 is 0 Å². The van der Waals surface area contributed by atoms with Crippen LogP contribution in [0.1, 0.15) is 31.1 Å². The Hall–Kier alpha value is -1.49. The number of alkyl halides is 3. The molecule has 2 aromatic rings. The van der Waals surface area contributed by atoms with Crippen LogP contribution in [0.4, 0.5) is 13.2 Å². The highest BCUT2D eigenvalue weighted by Gasteiger charge is 2.31. The third-order valence-electron chi connectivity index (χ3n) is 3.03.